The topological polar surface area (TPSA) is 42.4 Å². The molecule has 0 bridgehead atoms. The van der Waals surface area contributed by atoms with Crippen LogP contribution in [0.5, 0.6) is 0 Å². The maximum absolute atomic E-state index is 12.8. The predicted molar refractivity (Wildman–Crippen MR) is 84.7 cm³/mol. The molecule has 0 N–H and O–H groups in total. The summed E-state index contributed by atoms with van der Waals surface area (Å²) in [7, 11) is 0. The minimum Gasteiger partial charge on any atom is -0.375 e. The minimum atomic E-state index is 0.128. The van der Waals surface area contributed by atoms with Crippen LogP contribution in [0.1, 0.15) is 30.1 Å². The smallest absolute Gasteiger partial charge is 0.253 e. The highest BCUT2D eigenvalue weighted by Crippen LogP contribution is 2.33. The number of aromatic nitrogens is 1. The first-order valence-corrected chi connectivity index (χ1v) is 8.00. The minimum absolute atomic E-state index is 0.128. The Morgan fingerprint density at radius 1 is 1.36 bits per heavy atom. The number of fused-ring (bicyclic) bond motifs is 2. The molecular weight excluding hydrogens is 276 g/mol. The van der Waals surface area contributed by atoms with E-state index >= 15 is 0 Å². The lowest BCUT2D eigenvalue weighted by Gasteiger charge is -2.34. The molecule has 2 aliphatic heterocycles. The van der Waals surface area contributed by atoms with Crippen LogP contribution in [0.25, 0.3) is 10.9 Å². The van der Waals surface area contributed by atoms with Crippen LogP contribution in [0.4, 0.5) is 0 Å². The number of likely N-dealkylation sites (tertiary alicyclic amines) is 1. The molecule has 1 aromatic heterocycles. The first-order valence-electron chi connectivity index (χ1n) is 8.00. The highest BCUT2D eigenvalue weighted by Gasteiger charge is 2.38. The van der Waals surface area contributed by atoms with Gasteiger partial charge in [0, 0.05) is 36.2 Å². The Kier molecular flexibility index (Phi) is 3.34. The van der Waals surface area contributed by atoms with Gasteiger partial charge in [-0.15, -0.1) is 0 Å². The van der Waals surface area contributed by atoms with Crippen LogP contribution < -0.4 is 0 Å². The summed E-state index contributed by atoms with van der Waals surface area (Å²) in [5.41, 5.74) is 1.68. The van der Waals surface area contributed by atoms with Gasteiger partial charge in [-0.05, 0) is 44.0 Å². The number of ether oxygens (including phenoxy) is 1. The zero-order valence-electron chi connectivity index (χ0n) is 12.7. The van der Waals surface area contributed by atoms with Crippen LogP contribution in [0, 0.1) is 5.92 Å². The molecule has 2 fully saturated rings. The fraction of sp³-hybridized carbons (Fsp3) is 0.444. The number of hydrogen-bond acceptors (Lipinski definition) is 3. The van der Waals surface area contributed by atoms with Gasteiger partial charge in [0.25, 0.3) is 5.91 Å². The molecule has 2 aromatic rings. The second-order valence-electron chi connectivity index (χ2n) is 6.43. The van der Waals surface area contributed by atoms with Crippen molar-refractivity contribution in [2.75, 3.05) is 13.1 Å². The van der Waals surface area contributed by atoms with Gasteiger partial charge in [-0.2, -0.15) is 0 Å². The van der Waals surface area contributed by atoms with Gasteiger partial charge < -0.3 is 9.64 Å². The molecule has 114 valence electrons. The lowest BCUT2D eigenvalue weighted by molar-refractivity contribution is 0.00865. The summed E-state index contributed by atoms with van der Waals surface area (Å²) in [5.74, 6) is 0.624. The number of carbonyl (C=O) groups excluding carboxylic acids is 1. The van der Waals surface area contributed by atoms with Crippen molar-refractivity contribution in [3.8, 4) is 0 Å². The van der Waals surface area contributed by atoms with Crippen molar-refractivity contribution in [2.24, 2.45) is 5.92 Å². The SMILES string of the molecule is C[C@H]1C[C@H]2CN(C(=O)c3ccc4ncccc4c3)CC[C@H]2O1. The fourth-order valence-corrected chi connectivity index (χ4v) is 3.77. The molecule has 3 atom stereocenters. The molecule has 0 aliphatic carbocycles. The Hall–Kier alpha value is -1.94. The first-order chi connectivity index (χ1) is 10.7. The van der Waals surface area contributed by atoms with E-state index in [1.165, 1.54) is 0 Å². The van der Waals surface area contributed by atoms with E-state index in [-0.39, 0.29) is 5.91 Å². The molecule has 1 amide bonds. The summed E-state index contributed by atoms with van der Waals surface area (Å²) in [6.07, 6.45) is 4.47. The van der Waals surface area contributed by atoms with Crippen molar-refractivity contribution >= 4 is 16.8 Å². The molecule has 4 rings (SSSR count). The molecular formula is C18H20N2O2. The number of benzene rings is 1. The Morgan fingerprint density at radius 3 is 3.18 bits per heavy atom. The van der Waals surface area contributed by atoms with Gasteiger partial charge >= 0.3 is 0 Å². The standard InChI is InChI=1S/C18H20N2O2/c1-12-9-15-11-20(8-6-17(15)22-12)18(21)14-4-5-16-13(10-14)3-2-7-19-16/h2-5,7,10,12,15,17H,6,8-9,11H2,1H3/t12-,15-,17+/m0/s1. The van der Waals surface area contributed by atoms with E-state index in [0.29, 0.717) is 18.1 Å². The van der Waals surface area contributed by atoms with Gasteiger partial charge in [-0.1, -0.05) is 6.07 Å². The quantitative estimate of drug-likeness (QED) is 0.812. The van der Waals surface area contributed by atoms with Crippen LogP contribution in [0.3, 0.4) is 0 Å². The van der Waals surface area contributed by atoms with Gasteiger partial charge in [0.05, 0.1) is 17.7 Å². The lowest BCUT2D eigenvalue weighted by atomic mass is 9.92. The molecule has 0 unspecified atom stereocenters. The zero-order chi connectivity index (χ0) is 15.1. The number of rotatable bonds is 1. The molecule has 0 radical (unpaired) electrons. The average Bonchev–Trinajstić information content (AvgIpc) is 2.92. The second-order valence-corrected chi connectivity index (χ2v) is 6.43. The summed E-state index contributed by atoms with van der Waals surface area (Å²) in [4.78, 5) is 19.1. The van der Waals surface area contributed by atoms with Crippen LogP contribution in [-0.4, -0.2) is 41.1 Å². The third kappa shape index (κ3) is 2.37. The van der Waals surface area contributed by atoms with Crippen LogP contribution in [-0.2, 0) is 4.74 Å². The molecule has 0 spiro atoms. The first kappa shape index (κ1) is 13.7. The van der Waals surface area contributed by atoms with Crippen molar-refractivity contribution < 1.29 is 9.53 Å². The molecule has 0 saturated carbocycles. The Bertz CT molecular complexity index is 715. The largest absolute Gasteiger partial charge is 0.375 e. The number of carbonyl (C=O) groups is 1. The Balaban J connectivity index is 1.55. The number of hydrogen-bond donors (Lipinski definition) is 0. The molecule has 2 aliphatic rings. The Morgan fingerprint density at radius 2 is 2.27 bits per heavy atom. The normalized spacial score (nSPS) is 27.9. The van der Waals surface area contributed by atoms with E-state index in [2.05, 4.69) is 11.9 Å². The van der Waals surface area contributed by atoms with Crippen LogP contribution in [0.15, 0.2) is 36.5 Å². The molecule has 4 heteroatoms. The molecule has 4 nitrogen and oxygen atoms in total. The number of pyridine rings is 1. The third-order valence-corrected chi connectivity index (χ3v) is 4.84. The van der Waals surface area contributed by atoms with E-state index in [1.807, 2.05) is 35.2 Å². The van der Waals surface area contributed by atoms with Crippen molar-refractivity contribution in [1.82, 2.24) is 9.88 Å². The van der Waals surface area contributed by atoms with E-state index in [4.69, 9.17) is 4.74 Å². The third-order valence-electron chi connectivity index (χ3n) is 4.84. The molecule has 1 aromatic carbocycles. The molecule has 3 heterocycles. The summed E-state index contributed by atoms with van der Waals surface area (Å²) >= 11 is 0. The zero-order valence-corrected chi connectivity index (χ0v) is 12.7. The van der Waals surface area contributed by atoms with E-state index in [0.717, 1.165) is 42.4 Å². The van der Waals surface area contributed by atoms with Crippen molar-refractivity contribution in [3.05, 3.63) is 42.1 Å². The van der Waals surface area contributed by atoms with E-state index in [1.54, 1.807) is 6.20 Å². The second kappa shape index (κ2) is 5.36. The molecule has 22 heavy (non-hydrogen) atoms. The molecule has 2 saturated heterocycles. The van der Waals surface area contributed by atoms with Gasteiger partial charge in [0.15, 0.2) is 0 Å². The lowest BCUT2D eigenvalue weighted by Crippen LogP contribution is -2.44. The van der Waals surface area contributed by atoms with Crippen molar-refractivity contribution in [1.29, 1.82) is 0 Å². The van der Waals surface area contributed by atoms with Gasteiger partial charge in [0.2, 0.25) is 0 Å². The average molecular weight is 296 g/mol. The fourth-order valence-electron chi connectivity index (χ4n) is 3.77. The summed E-state index contributed by atoms with van der Waals surface area (Å²) in [6.45, 7) is 3.73. The number of nitrogens with zero attached hydrogens (tertiary/aromatic N) is 2. The van der Waals surface area contributed by atoms with Gasteiger partial charge in [-0.25, -0.2) is 0 Å². The Labute approximate surface area is 130 Å². The summed E-state index contributed by atoms with van der Waals surface area (Å²) < 4.78 is 5.91. The van der Waals surface area contributed by atoms with Crippen molar-refractivity contribution in [3.63, 3.8) is 0 Å². The van der Waals surface area contributed by atoms with Gasteiger partial charge in [-0.3, -0.25) is 9.78 Å². The maximum atomic E-state index is 12.8. The summed E-state index contributed by atoms with van der Waals surface area (Å²) in [6, 6.07) is 9.66. The highest BCUT2D eigenvalue weighted by atomic mass is 16.5. The van der Waals surface area contributed by atoms with E-state index < -0.39 is 0 Å². The number of piperidine rings is 1. The van der Waals surface area contributed by atoms with Crippen LogP contribution >= 0.6 is 0 Å². The maximum Gasteiger partial charge on any atom is 0.253 e. The monoisotopic (exact) mass is 296 g/mol. The van der Waals surface area contributed by atoms with Crippen molar-refractivity contribution in [2.45, 2.75) is 32.0 Å². The summed E-state index contributed by atoms with van der Waals surface area (Å²) in [5, 5.41) is 1.01. The van der Waals surface area contributed by atoms with Crippen LogP contribution in [0.2, 0.25) is 0 Å². The number of amides is 1. The van der Waals surface area contributed by atoms with Gasteiger partial charge in [0.1, 0.15) is 0 Å². The highest BCUT2D eigenvalue weighted by molar-refractivity contribution is 5.98. The predicted octanol–water partition coefficient (Wildman–Crippen LogP) is 2.87. The van der Waals surface area contributed by atoms with E-state index in [9.17, 15) is 4.79 Å².